The Bertz CT molecular complexity index is 819. The monoisotopic (exact) mass is 388 g/mol. The van der Waals surface area contributed by atoms with Crippen LogP contribution in [-0.2, 0) is 11.3 Å². The van der Waals surface area contributed by atoms with Crippen LogP contribution in [0, 0.1) is 0 Å². The minimum absolute atomic E-state index is 0.0523. The zero-order chi connectivity index (χ0) is 18.4. The largest absolute Gasteiger partial charge is 0.467 e. The second-order valence-corrected chi connectivity index (χ2v) is 7.99. The number of carbonyl (C=O) groups excluding carboxylic acids is 1. The number of hydrogen-bond donors (Lipinski definition) is 1. The number of carbonyl (C=O) groups is 1. The summed E-state index contributed by atoms with van der Waals surface area (Å²) >= 11 is 2.83. The Balaban J connectivity index is 1.55. The van der Waals surface area contributed by atoms with E-state index in [1.54, 1.807) is 6.26 Å². The first-order valence-corrected chi connectivity index (χ1v) is 10.0. The van der Waals surface area contributed by atoms with E-state index in [9.17, 15) is 4.79 Å². The first-order valence-electron chi connectivity index (χ1n) is 8.23. The van der Waals surface area contributed by atoms with Crippen LogP contribution in [0.3, 0.4) is 0 Å². The smallest absolute Gasteiger partial charge is 0.237 e. The predicted molar refractivity (Wildman–Crippen MR) is 106 cm³/mol. The Morgan fingerprint density at radius 1 is 1.23 bits per heavy atom. The number of rotatable bonds is 8. The lowest BCUT2D eigenvalue weighted by molar-refractivity contribution is -0.116. The highest BCUT2D eigenvalue weighted by Crippen LogP contribution is 2.27. The standard InChI is InChI=1S/C18H20N4O2S2/c1-13(2)22(14-7-4-3-5-8-14)16(23)12-25-18-21-20-17(26-18)19-11-15-9-6-10-24-15/h3-10,13H,11-12H2,1-2H3,(H,19,20). The fourth-order valence-corrected chi connectivity index (χ4v) is 4.03. The second-order valence-electron chi connectivity index (χ2n) is 5.79. The highest BCUT2D eigenvalue weighted by molar-refractivity contribution is 8.01. The van der Waals surface area contributed by atoms with Gasteiger partial charge in [0, 0.05) is 11.7 Å². The Labute approximate surface area is 160 Å². The van der Waals surface area contributed by atoms with E-state index in [0.717, 1.165) is 15.8 Å². The molecule has 6 nitrogen and oxygen atoms in total. The van der Waals surface area contributed by atoms with Crippen molar-refractivity contribution in [3.63, 3.8) is 0 Å². The van der Waals surface area contributed by atoms with Gasteiger partial charge in [-0.1, -0.05) is 41.3 Å². The van der Waals surface area contributed by atoms with E-state index in [0.29, 0.717) is 17.4 Å². The third kappa shape index (κ3) is 4.86. The molecule has 0 aliphatic carbocycles. The van der Waals surface area contributed by atoms with Gasteiger partial charge in [-0.3, -0.25) is 4.79 Å². The molecule has 0 spiro atoms. The van der Waals surface area contributed by atoms with Crippen LogP contribution in [0.5, 0.6) is 0 Å². The summed E-state index contributed by atoms with van der Waals surface area (Å²) in [6.07, 6.45) is 1.64. The van der Waals surface area contributed by atoms with Crippen LogP contribution in [0.1, 0.15) is 19.6 Å². The van der Waals surface area contributed by atoms with Crippen molar-refractivity contribution in [2.45, 2.75) is 30.8 Å². The SMILES string of the molecule is CC(C)N(C(=O)CSc1nnc(NCc2ccco2)s1)c1ccccc1. The molecule has 0 bridgehead atoms. The van der Waals surface area contributed by atoms with Crippen LogP contribution in [0.15, 0.2) is 57.5 Å². The number of para-hydroxylation sites is 1. The number of thioether (sulfide) groups is 1. The minimum Gasteiger partial charge on any atom is -0.467 e. The Morgan fingerprint density at radius 3 is 2.73 bits per heavy atom. The molecule has 2 aromatic heterocycles. The molecule has 0 aliphatic rings. The number of nitrogens with zero attached hydrogens (tertiary/aromatic N) is 3. The molecule has 136 valence electrons. The second kappa shape index (κ2) is 8.86. The summed E-state index contributed by atoms with van der Waals surface area (Å²) in [4.78, 5) is 14.5. The topological polar surface area (TPSA) is 71.3 Å². The van der Waals surface area contributed by atoms with Crippen molar-refractivity contribution in [1.29, 1.82) is 0 Å². The molecule has 0 saturated heterocycles. The van der Waals surface area contributed by atoms with E-state index >= 15 is 0 Å². The highest BCUT2D eigenvalue weighted by Gasteiger charge is 2.19. The number of amides is 1. The van der Waals surface area contributed by atoms with Crippen molar-refractivity contribution in [3.05, 3.63) is 54.5 Å². The van der Waals surface area contributed by atoms with Gasteiger partial charge < -0.3 is 14.6 Å². The van der Waals surface area contributed by atoms with Crippen LogP contribution in [0.2, 0.25) is 0 Å². The van der Waals surface area contributed by atoms with Gasteiger partial charge in [-0.2, -0.15) is 0 Å². The molecule has 8 heteroatoms. The van der Waals surface area contributed by atoms with Crippen molar-refractivity contribution in [2.24, 2.45) is 0 Å². The number of anilines is 2. The maximum absolute atomic E-state index is 12.7. The summed E-state index contributed by atoms with van der Waals surface area (Å²) in [5, 5.41) is 12.1. The third-order valence-electron chi connectivity index (χ3n) is 3.54. The van der Waals surface area contributed by atoms with Gasteiger partial charge >= 0.3 is 0 Å². The average Bonchev–Trinajstić information content (AvgIpc) is 3.31. The minimum atomic E-state index is 0.0523. The molecule has 0 fully saturated rings. The first-order chi connectivity index (χ1) is 12.6. The lowest BCUT2D eigenvalue weighted by Crippen LogP contribution is -2.38. The summed E-state index contributed by atoms with van der Waals surface area (Å²) < 4.78 is 6.03. The van der Waals surface area contributed by atoms with Crippen molar-refractivity contribution >= 4 is 39.8 Å². The van der Waals surface area contributed by atoms with Crippen molar-refractivity contribution < 1.29 is 9.21 Å². The molecule has 0 unspecified atom stereocenters. The summed E-state index contributed by atoms with van der Waals surface area (Å²) in [5.41, 5.74) is 0.908. The van der Waals surface area contributed by atoms with E-state index < -0.39 is 0 Å². The average molecular weight is 389 g/mol. The molecule has 26 heavy (non-hydrogen) atoms. The molecule has 3 aromatic rings. The summed E-state index contributed by atoms with van der Waals surface area (Å²) in [6.45, 7) is 4.58. The van der Waals surface area contributed by atoms with Crippen LogP contribution >= 0.6 is 23.1 Å². The van der Waals surface area contributed by atoms with E-state index in [1.165, 1.54) is 23.1 Å². The molecule has 1 amide bonds. The van der Waals surface area contributed by atoms with Crippen molar-refractivity contribution in [1.82, 2.24) is 10.2 Å². The number of benzene rings is 1. The summed E-state index contributed by atoms with van der Waals surface area (Å²) in [5.74, 6) is 1.20. The van der Waals surface area contributed by atoms with Gasteiger partial charge in [0.15, 0.2) is 4.34 Å². The van der Waals surface area contributed by atoms with Crippen LogP contribution < -0.4 is 10.2 Å². The molecule has 1 aromatic carbocycles. The molecule has 0 atom stereocenters. The predicted octanol–water partition coefficient (Wildman–Crippen LogP) is 4.28. The van der Waals surface area contributed by atoms with Gasteiger partial charge in [0.1, 0.15) is 5.76 Å². The van der Waals surface area contributed by atoms with Gasteiger partial charge in [0.05, 0.1) is 18.6 Å². The molecule has 2 heterocycles. The van der Waals surface area contributed by atoms with Crippen LogP contribution in [0.25, 0.3) is 0 Å². The molecule has 3 rings (SSSR count). The number of aromatic nitrogens is 2. The Kier molecular flexibility index (Phi) is 6.30. The van der Waals surface area contributed by atoms with Gasteiger partial charge in [-0.25, -0.2) is 0 Å². The zero-order valence-corrected chi connectivity index (χ0v) is 16.2. The van der Waals surface area contributed by atoms with E-state index in [1.807, 2.05) is 61.2 Å². The van der Waals surface area contributed by atoms with Gasteiger partial charge in [-0.05, 0) is 38.1 Å². The molecular weight excluding hydrogens is 368 g/mol. The lowest BCUT2D eigenvalue weighted by Gasteiger charge is -2.26. The molecule has 1 N–H and O–H groups in total. The van der Waals surface area contributed by atoms with E-state index in [4.69, 9.17) is 4.42 Å². The lowest BCUT2D eigenvalue weighted by atomic mass is 10.2. The Hall–Kier alpha value is -2.32. The highest BCUT2D eigenvalue weighted by atomic mass is 32.2. The molecule has 0 aliphatic heterocycles. The third-order valence-corrected chi connectivity index (χ3v) is 5.54. The van der Waals surface area contributed by atoms with Gasteiger partial charge in [0.2, 0.25) is 11.0 Å². The van der Waals surface area contributed by atoms with E-state index in [-0.39, 0.29) is 11.9 Å². The fraction of sp³-hybridized carbons (Fsp3) is 0.278. The van der Waals surface area contributed by atoms with Gasteiger partial charge in [0.25, 0.3) is 0 Å². The molecule has 0 saturated carbocycles. The Morgan fingerprint density at radius 2 is 2.04 bits per heavy atom. The maximum Gasteiger partial charge on any atom is 0.237 e. The number of furan rings is 1. The number of hydrogen-bond acceptors (Lipinski definition) is 7. The normalized spacial score (nSPS) is 10.9. The van der Waals surface area contributed by atoms with Crippen molar-refractivity contribution in [3.8, 4) is 0 Å². The molecule has 0 radical (unpaired) electrons. The van der Waals surface area contributed by atoms with Crippen LogP contribution in [0.4, 0.5) is 10.8 Å². The number of nitrogens with one attached hydrogen (secondary N) is 1. The fourth-order valence-electron chi connectivity index (χ4n) is 2.43. The molecular formula is C18H20N4O2S2. The van der Waals surface area contributed by atoms with Gasteiger partial charge in [-0.15, -0.1) is 10.2 Å². The van der Waals surface area contributed by atoms with Crippen molar-refractivity contribution in [2.75, 3.05) is 16.0 Å². The summed E-state index contributed by atoms with van der Waals surface area (Å²) in [7, 11) is 0. The maximum atomic E-state index is 12.7. The first kappa shape index (κ1) is 18.5. The van der Waals surface area contributed by atoms with E-state index in [2.05, 4.69) is 15.5 Å². The van der Waals surface area contributed by atoms with Crippen LogP contribution in [-0.4, -0.2) is 27.9 Å². The quantitative estimate of drug-likeness (QED) is 0.581. The summed E-state index contributed by atoms with van der Waals surface area (Å²) in [6, 6.07) is 13.5. The zero-order valence-electron chi connectivity index (χ0n) is 14.6.